The van der Waals surface area contributed by atoms with E-state index in [4.69, 9.17) is 38.2 Å². The summed E-state index contributed by atoms with van der Waals surface area (Å²) in [4.78, 5) is 25.3. The van der Waals surface area contributed by atoms with E-state index in [0.29, 0.717) is 34.5 Å². The second-order valence-corrected chi connectivity index (χ2v) is 14.0. The summed E-state index contributed by atoms with van der Waals surface area (Å²) < 4.78 is 19.1. The number of fused-ring (bicyclic) bond motifs is 9. The maximum Gasteiger partial charge on any atom is 0.180 e. The van der Waals surface area contributed by atoms with Gasteiger partial charge in [0, 0.05) is 49.2 Å². The Kier molecular flexibility index (Phi) is 6.76. The molecule has 0 unspecified atom stereocenters. The van der Waals surface area contributed by atoms with E-state index in [9.17, 15) is 0 Å². The van der Waals surface area contributed by atoms with Crippen LogP contribution >= 0.6 is 0 Å². The van der Waals surface area contributed by atoms with Crippen molar-refractivity contribution < 1.29 is 13.3 Å². The molecule has 0 aliphatic rings. The van der Waals surface area contributed by atoms with Gasteiger partial charge in [0.15, 0.2) is 28.9 Å². The predicted octanol–water partition coefficient (Wildman–Crippen LogP) is 12.7. The number of hydrogen-bond acceptors (Lipinski definition) is 8. The van der Waals surface area contributed by atoms with Gasteiger partial charge in [0.05, 0.1) is 5.56 Å². The van der Waals surface area contributed by atoms with Gasteiger partial charge in [-0.1, -0.05) is 103 Å². The van der Waals surface area contributed by atoms with Crippen LogP contribution < -0.4 is 0 Å². The van der Waals surface area contributed by atoms with Crippen molar-refractivity contribution in [1.29, 1.82) is 0 Å². The Morgan fingerprint density at radius 2 is 0.825 bits per heavy atom. The summed E-state index contributed by atoms with van der Waals surface area (Å²) >= 11 is 0. The molecule has 0 spiro atoms. The third-order valence-corrected chi connectivity index (χ3v) is 10.6. The zero-order valence-corrected chi connectivity index (χ0v) is 30.0. The first kappa shape index (κ1) is 31.4. The highest BCUT2D eigenvalue weighted by Crippen LogP contribution is 2.40. The smallest absolute Gasteiger partial charge is 0.180 e. The van der Waals surface area contributed by atoms with Crippen molar-refractivity contribution in [1.82, 2.24) is 24.9 Å². The van der Waals surface area contributed by atoms with Gasteiger partial charge in [-0.15, -0.1) is 0 Å². The molecule has 5 heterocycles. The monoisotopic (exact) mass is 733 g/mol. The van der Waals surface area contributed by atoms with Crippen molar-refractivity contribution in [3.63, 3.8) is 0 Å². The van der Waals surface area contributed by atoms with E-state index >= 15 is 0 Å². The van der Waals surface area contributed by atoms with Crippen molar-refractivity contribution in [2.24, 2.45) is 0 Å². The summed E-state index contributed by atoms with van der Waals surface area (Å²) in [6.45, 7) is 0. The molecule has 7 aromatic carbocycles. The molecule has 0 aliphatic heterocycles. The number of para-hydroxylation sites is 3. The molecule has 0 radical (unpaired) electrons. The lowest BCUT2D eigenvalue weighted by Gasteiger charge is -2.08. The van der Waals surface area contributed by atoms with Crippen molar-refractivity contribution >= 4 is 65.9 Å². The standard InChI is InChI=1S/C49H27N5O3/c1-3-12-28(13-4-1)42-45-43(34-17-8-10-21-39(34)57-45)51-49(50-42)35-19-11-18-33-37-27-31(23-25-41(37)56-44(33)35)48-53-46(29-14-5-2-6-15-29)52-47(54-48)30-22-24-40-36(26-30)32-16-7-9-20-38(32)55-40/h1-27H. The molecule has 0 amide bonds. The van der Waals surface area contributed by atoms with Crippen molar-refractivity contribution in [3.8, 4) is 56.8 Å². The number of hydrogen-bond donors (Lipinski definition) is 0. The van der Waals surface area contributed by atoms with E-state index in [1.807, 2.05) is 140 Å². The first-order valence-corrected chi connectivity index (χ1v) is 18.7. The fourth-order valence-electron chi connectivity index (χ4n) is 7.83. The fraction of sp³-hybridized carbons (Fsp3) is 0. The number of aromatic nitrogens is 5. The Morgan fingerprint density at radius 3 is 1.54 bits per heavy atom. The third-order valence-electron chi connectivity index (χ3n) is 10.6. The predicted molar refractivity (Wildman–Crippen MR) is 224 cm³/mol. The van der Waals surface area contributed by atoms with Gasteiger partial charge in [0.2, 0.25) is 0 Å². The molecular formula is C49H27N5O3. The molecule has 8 nitrogen and oxygen atoms in total. The maximum absolute atomic E-state index is 6.64. The Balaban J connectivity index is 1.03. The van der Waals surface area contributed by atoms with E-state index < -0.39 is 0 Å². The Labute approximate surface area is 323 Å². The first-order chi connectivity index (χ1) is 28.2. The van der Waals surface area contributed by atoms with Gasteiger partial charge in [0.1, 0.15) is 39.1 Å². The first-order valence-electron chi connectivity index (χ1n) is 18.7. The summed E-state index contributed by atoms with van der Waals surface area (Å²) in [5, 5.41) is 4.84. The third kappa shape index (κ3) is 5.04. The lowest BCUT2D eigenvalue weighted by atomic mass is 10.1. The van der Waals surface area contributed by atoms with Crippen LogP contribution in [0.2, 0.25) is 0 Å². The van der Waals surface area contributed by atoms with E-state index in [1.165, 1.54) is 0 Å². The minimum Gasteiger partial charge on any atom is -0.456 e. The van der Waals surface area contributed by atoms with Gasteiger partial charge in [-0.2, -0.15) is 0 Å². The zero-order valence-electron chi connectivity index (χ0n) is 30.0. The molecule has 12 aromatic rings. The summed E-state index contributed by atoms with van der Waals surface area (Å²) in [6, 6.07) is 54.3. The molecule has 57 heavy (non-hydrogen) atoms. The lowest BCUT2D eigenvalue weighted by molar-refractivity contribution is 0.666. The van der Waals surface area contributed by atoms with Gasteiger partial charge >= 0.3 is 0 Å². The molecule has 12 rings (SSSR count). The average molecular weight is 734 g/mol. The summed E-state index contributed by atoms with van der Waals surface area (Å²) in [6.07, 6.45) is 0. The van der Waals surface area contributed by atoms with Crippen molar-refractivity contribution in [2.45, 2.75) is 0 Å². The Hall–Kier alpha value is -7.97. The number of furan rings is 3. The highest BCUT2D eigenvalue weighted by molar-refractivity contribution is 6.12. The van der Waals surface area contributed by atoms with Gasteiger partial charge in [0.25, 0.3) is 0 Å². The van der Waals surface area contributed by atoms with Crippen LogP contribution in [0.1, 0.15) is 0 Å². The second kappa shape index (κ2) is 12.3. The van der Waals surface area contributed by atoms with Crippen LogP contribution in [0.5, 0.6) is 0 Å². The molecule has 0 fully saturated rings. The molecule has 0 saturated carbocycles. The van der Waals surface area contributed by atoms with Crippen LogP contribution in [-0.2, 0) is 0 Å². The fourth-order valence-corrected chi connectivity index (χ4v) is 7.83. The lowest BCUT2D eigenvalue weighted by Crippen LogP contribution is -2.00. The van der Waals surface area contributed by atoms with Gasteiger partial charge < -0.3 is 13.3 Å². The van der Waals surface area contributed by atoms with Crippen molar-refractivity contribution in [3.05, 3.63) is 164 Å². The highest BCUT2D eigenvalue weighted by atomic mass is 16.3. The second-order valence-electron chi connectivity index (χ2n) is 14.0. The summed E-state index contributed by atoms with van der Waals surface area (Å²) in [5.41, 5.74) is 10.3. The highest BCUT2D eigenvalue weighted by Gasteiger charge is 2.22. The van der Waals surface area contributed by atoms with E-state index in [-0.39, 0.29) is 0 Å². The van der Waals surface area contributed by atoms with Crippen LogP contribution in [0.15, 0.2) is 177 Å². The van der Waals surface area contributed by atoms with Gasteiger partial charge in [-0.25, -0.2) is 24.9 Å². The SMILES string of the molecule is c1ccc(-c2nc(-c3ccc4oc5ccccc5c4c3)nc(-c3ccc4oc5c(-c6nc(-c7ccccc7)c7oc8ccccc8c7n6)cccc5c4c3)n2)cc1. The maximum atomic E-state index is 6.64. The number of benzene rings is 7. The van der Waals surface area contributed by atoms with E-state index in [2.05, 4.69) is 24.3 Å². The summed E-state index contributed by atoms with van der Waals surface area (Å²) in [7, 11) is 0. The normalized spacial score (nSPS) is 11.9. The molecule has 266 valence electrons. The van der Waals surface area contributed by atoms with Crippen LogP contribution in [-0.4, -0.2) is 24.9 Å². The van der Waals surface area contributed by atoms with Crippen LogP contribution in [0, 0.1) is 0 Å². The Bertz CT molecular complexity index is 3530. The molecule has 0 bridgehead atoms. The van der Waals surface area contributed by atoms with Crippen LogP contribution in [0.4, 0.5) is 0 Å². The largest absolute Gasteiger partial charge is 0.456 e. The zero-order chi connectivity index (χ0) is 37.5. The minimum atomic E-state index is 0.551. The molecular weight excluding hydrogens is 707 g/mol. The van der Waals surface area contributed by atoms with Gasteiger partial charge in [-0.05, 0) is 60.7 Å². The topological polar surface area (TPSA) is 104 Å². The number of rotatable bonds is 5. The molecule has 0 aliphatic carbocycles. The number of nitrogens with zero attached hydrogens (tertiary/aromatic N) is 5. The quantitative estimate of drug-likeness (QED) is 0.172. The van der Waals surface area contributed by atoms with E-state index in [1.54, 1.807) is 0 Å². The van der Waals surface area contributed by atoms with Gasteiger partial charge in [-0.3, -0.25) is 0 Å². The minimum absolute atomic E-state index is 0.551. The van der Waals surface area contributed by atoms with Crippen LogP contribution in [0.3, 0.4) is 0 Å². The van der Waals surface area contributed by atoms with Crippen LogP contribution in [0.25, 0.3) is 123 Å². The molecule has 5 aromatic heterocycles. The van der Waals surface area contributed by atoms with Crippen molar-refractivity contribution in [2.75, 3.05) is 0 Å². The molecule has 0 saturated heterocycles. The summed E-state index contributed by atoms with van der Waals surface area (Å²) in [5.74, 6) is 2.26. The molecule has 0 atom stereocenters. The molecule has 0 N–H and O–H groups in total. The van der Waals surface area contributed by atoms with E-state index in [0.717, 1.165) is 88.3 Å². The average Bonchev–Trinajstić information content (AvgIpc) is 3.97. The molecule has 8 heteroatoms. The Morgan fingerprint density at radius 1 is 0.298 bits per heavy atom.